The molecule has 1 fully saturated rings. The lowest BCUT2D eigenvalue weighted by molar-refractivity contribution is -0.00250. The summed E-state index contributed by atoms with van der Waals surface area (Å²) < 4.78 is 11.5. The van der Waals surface area contributed by atoms with Crippen molar-refractivity contribution in [2.75, 3.05) is 13.2 Å². The molecule has 3 nitrogen and oxygen atoms in total. The molecule has 2 rings (SSSR count). The molecule has 0 amide bonds. The van der Waals surface area contributed by atoms with Gasteiger partial charge in [0.05, 0.1) is 6.10 Å². The van der Waals surface area contributed by atoms with Crippen LogP contribution in [0, 0.1) is 6.92 Å². The van der Waals surface area contributed by atoms with Crippen LogP contribution < -0.4 is 10.1 Å². The van der Waals surface area contributed by atoms with E-state index in [1.807, 2.05) is 12.1 Å². The monoisotopic (exact) mass is 277 g/mol. The predicted octanol–water partition coefficient (Wildman–Crippen LogP) is 3.31. The Morgan fingerprint density at radius 3 is 2.80 bits per heavy atom. The second-order valence-corrected chi connectivity index (χ2v) is 5.81. The highest BCUT2D eigenvalue weighted by molar-refractivity contribution is 5.26. The molecule has 0 aromatic heterocycles. The van der Waals surface area contributed by atoms with Crippen molar-refractivity contribution in [3.8, 4) is 5.75 Å². The Bertz CT molecular complexity index is 390. The summed E-state index contributed by atoms with van der Waals surface area (Å²) in [5, 5.41) is 3.66. The summed E-state index contributed by atoms with van der Waals surface area (Å²) in [5.74, 6) is 0.947. The minimum absolute atomic E-state index is 0.358. The fraction of sp³-hybridized carbons (Fsp3) is 0.647. The Morgan fingerprint density at radius 1 is 1.35 bits per heavy atom. The molecule has 3 heteroatoms. The van der Waals surface area contributed by atoms with Gasteiger partial charge in [0.15, 0.2) is 0 Å². The molecule has 20 heavy (non-hydrogen) atoms. The number of aryl methyl sites for hydroxylation is 1. The first-order chi connectivity index (χ1) is 9.67. The van der Waals surface area contributed by atoms with Gasteiger partial charge in [-0.05, 0) is 45.2 Å². The van der Waals surface area contributed by atoms with Gasteiger partial charge >= 0.3 is 0 Å². The number of hydrogen-bond acceptors (Lipinski definition) is 3. The van der Waals surface area contributed by atoms with Gasteiger partial charge in [-0.2, -0.15) is 0 Å². The van der Waals surface area contributed by atoms with Crippen LogP contribution in [0.4, 0.5) is 0 Å². The van der Waals surface area contributed by atoms with Gasteiger partial charge in [0.2, 0.25) is 0 Å². The van der Waals surface area contributed by atoms with Crippen LogP contribution in [0.5, 0.6) is 5.75 Å². The third kappa shape index (κ3) is 4.80. The zero-order chi connectivity index (χ0) is 14.4. The van der Waals surface area contributed by atoms with Crippen LogP contribution in [0.2, 0.25) is 0 Å². The van der Waals surface area contributed by atoms with Crippen LogP contribution in [-0.4, -0.2) is 31.4 Å². The molecule has 0 spiro atoms. The zero-order valence-corrected chi connectivity index (χ0v) is 12.9. The maximum atomic E-state index is 5.82. The van der Waals surface area contributed by atoms with E-state index in [0.29, 0.717) is 24.8 Å². The maximum Gasteiger partial charge on any atom is 0.119 e. The zero-order valence-electron chi connectivity index (χ0n) is 12.9. The highest BCUT2D eigenvalue weighted by Crippen LogP contribution is 2.17. The molecule has 1 aromatic carbocycles. The molecule has 3 unspecified atom stereocenters. The Hall–Kier alpha value is -1.06. The van der Waals surface area contributed by atoms with Crippen LogP contribution >= 0.6 is 0 Å². The van der Waals surface area contributed by atoms with E-state index < -0.39 is 0 Å². The standard InChI is InChI=1S/C17H27NO2/c1-4-16-11-15(9-10-19-16)18-14(3)12-20-17-7-5-13(2)6-8-17/h5-8,14-16,18H,4,9-12H2,1-3H3. The topological polar surface area (TPSA) is 30.5 Å². The second kappa shape index (κ2) is 7.65. The van der Waals surface area contributed by atoms with Gasteiger partial charge in [-0.15, -0.1) is 0 Å². The Kier molecular flexibility index (Phi) is 5.86. The van der Waals surface area contributed by atoms with Gasteiger partial charge < -0.3 is 14.8 Å². The number of nitrogens with one attached hydrogen (secondary N) is 1. The van der Waals surface area contributed by atoms with Crippen LogP contribution in [0.15, 0.2) is 24.3 Å². The highest BCUT2D eigenvalue weighted by atomic mass is 16.5. The van der Waals surface area contributed by atoms with Crippen molar-refractivity contribution in [3.63, 3.8) is 0 Å². The summed E-state index contributed by atoms with van der Waals surface area (Å²) in [5.41, 5.74) is 1.26. The first-order valence-corrected chi connectivity index (χ1v) is 7.74. The fourth-order valence-corrected chi connectivity index (χ4v) is 2.62. The van der Waals surface area contributed by atoms with Gasteiger partial charge in [0.25, 0.3) is 0 Å². The van der Waals surface area contributed by atoms with Crippen molar-refractivity contribution >= 4 is 0 Å². The van der Waals surface area contributed by atoms with Crippen molar-refractivity contribution in [2.24, 2.45) is 0 Å². The SMILES string of the molecule is CCC1CC(NC(C)COc2ccc(C)cc2)CCO1. The molecule has 1 aliphatic rings. The number of benzene rings is 1. The van der Waals surface area contributed by atoms with E-state index in [4.69, 9.17) is 9.47 Å². The van der Waals surface area contributed by atoms with E-state index in [1.54, 1.807) is 0 Å². The third-order valence-electron chi connectivity index (χ3n) is 3.86. The Morgan fingerprint density at radius 2 is 2.10 bits per heavy atom. The summed E-state index contributed by atoms with van der Waals surface area (Å²) in [6.07, 6.45) is 3.75. The van der Waals surface area contributed by atoms with E-state index in [2.05, 4.69) is 38.2 Å². The number of hydrogen-bond donors (Lipinski definition) is 1. The molecule has 1 saturated heterocycles. The highest BCUT2D eigenvalue weighted by Gasteiger charge is 2.22. The first kappa shape index (κ1) is 15.3. The molecule has 0 aliphatic carbocycles. The van der Waals surface area contributed by atoms with E-state index >= 15 is 0 Å². The minimum Gasteiger partial charge on any atom is -0.492 e. The molecule has 0 saturated carbocycles. The second-order valence-electron chi connectivity index (χ2n) is 5.81. The van der Waals surface area contributed by atoms with Gasteiger partial charge in [-0.3, -0.25) is 0 Å². The molecule has 1 aliphatic heterocycles. The molecule has 1 aromatic rings. The third-order valence-corrected chi connectivity index (χ3v) is 3.86. The molecule has 0 bridgehead atoms. The average Bonchev–Trinajstić information content (AvgIpc) is 2.47. The largest absolute Gasteiger partial charge is 0.492 e. The molecule has 3 atom stereocenters. The first-order valence-electron chi connectivity index (χ1n) is 7.74. The summed E-state index contributed by atoms with van der Waals surface area (Å²) in [7, 11) is 0. The summed E-state index contributed by atoms with van der Waals surface area (Å²) in [4.78, 5) is 0. The normalized spacial score (nSPS) is 24.4. The maximum absolute atomic E-state index is 5.82. The van der Waals surface area contributed by atoms with Crippen LogP contribution in [0.25, 0.3) is 0 Å². The predicted molar refractivity (Wildman–Crippen MR) is 82.3 cm³/mol. The average molecular weight is 277 g/mol. The molecular weight excluding hydrogens is 250 g/mol. The lowest BCUT2D eigenvalue weighted by Crippen LogP contribution is -2.45. The van der Waals surface area contributed by atoms with Gasteiger partial charge in [0, 0.05) is 18.7 Å². The van der Waals surface area contributed by atoms with Crippen LogP contribution in [0.1, 0.15) is 38.7 Å². The molecule has 0 radical (unpaired) electrons. The van der Waals surface area contributed by atoms with Crippen molar-refractivity contribution in [1.82, 2.24) is 5.32 Å². The molecule has 1 heterocycles. The van der Waals surface area contributed by atoms with E-state index in [1.165, 1.54) is 5.56 Å². The van der Waals surface area contributed by atoms with Gasteiger partial charge in [-0.25, -0.2) is 0 Å². The summed E-state index contributed by atoms with van der Waals surface area (Å²) >= 11 is 0. The van der Waals surface area contributed by atoms with Gasteiger partial charge in [0.1, 0.15) is 12.4 Å². The number of rotatable bonds is 6. The van der Waals surface area contributed by atoms with Crippen LogP contribution in [0.3, 0.4) is 0 Å². The van der Waals surface area contributed by atoms with Crippen molar-refractivity contribution in [3.05, 3.63) is 29.8 Å². The summed E-state index contributed by atoms with van der Waals surface area (Å²) in [6, 6.07) is 9.14. The van der Waals surface area contributed by atoms with E-state index in [-0.39, 0.29) is 0 Å². The number of ether oxygens (including phenoxy) is 2. The Balaban J connectivity index is 1.72. The fourth-order valence-electron chi connectivity index (χ4n) is 2.62. The molecule has 112 valence electrons. The van der Waals surface area contributed by atoms with Crippen molar-refractivity contribution in [1.29, 1.82) is 0 Å². The lowest BCUT2D eigenvalue weighted by atomic mass is 10.0. The smallest absolute Gasteiger partial charge is 0.119 e. The van der Waals surface area contributed by atoms with E-state index in [9.17, 15) is 0 Å². The summed E-state index contributed by atoms with van der Waals surface area (Å²) in [6.45, 7) is 8.05. The van der Waals surface area contributed by atoms with Crippen molar-refractivity contribution < 1.29 is 9.47 Å². The quantitative estimate of drug-likeness (QED) is 0.865. The minimum atomic E-state index is 0.358. The molecular formula is C17H27NO2. The molecule has 1 N–H and O–H groups in total. The Labute approximate surface area is 122 Å². The van der Waals surface area contributed by atoms with E-state index in [0.717, 1.165) is 31.6 Å². The lowest BCUT2D eigenvalue weighted by Gasteiger charge is -2.31. The van der Waals surface area contributed by atoms with Crippen LogP contribution in [-0.2, 0) is 4.74 Å². The van der Waals surface area contributed by atoms with Crippen molar-refractivity contribution in [2.45, 2.75) is 58.2 Å². The van der Waals surface area contributed by atoms with Gasteiger partial charge in [-0.1, -0.05) is 24.6 Å².